The molecule has 2 aromatic rings. The van der Waals surface area contributed by atoms with E-state index >= 15 is 0 Å². The standard InChI is InChI=1S/C21H25F3N4O2/c1-5-28-17(10-13(2)3)12-19(27-28)20(30-25)26-14(4)16-7-6-15(8-9-29)18(11-16)21(22,23)24/h6-7,9,11-13H,4-5,8,10,25H2,1-3H3/b26-20-. The van der Waals surface area contributed by atoms with E-state index in [0.717, 1.165) is 18.2 Å². The lowest BCUT2D eigenvalue weighted by Crippen LogP contribution is -2.14. The number of nitrogens with two attached hydrogens (primary N) is 1. The molecular formula is C21H25F3N4O2. The molecule has 162 valence electrons. The summed E-state index contributed by atoms with van der Waals surface area (Å²) in [5.74, 6) is 5.71. The van der Waals surface area contributed by atoms with Crippen molar-refractivity contribution in [2.24, 2.45) is 16.8 Å². The molecule has 0 saturated carbocycles. The van der Waals surface area contributed by atoms with Gasteiger partial charge in [-0.05, 0) is 37.0 Å². The van der Waals surface area contributed by atoms with Gasteiger partial charge in [-0.2, -0.15) is 24.2 Å². The predicted octanol–water partition coefficient (Wildman–Crippen LogP) is 4.17. The van der Waals surface area contributed by atoms with Crippen LogP contribution in [-0.4, -0.2) is 22.0 Å². The molecule has 0 spiro atoms. The molecule has 9 heteroatoms. The average Bonchev–Trinajstić information content (AvgIpc) is 3.07. The highest BCUT2D eigenvalue weighted by Gasteiger charge is 2.33. The summed E-state index contributed by atoms with van der Waals surface area (Å²) in [5.41, 5.74) is 0.459. The molecule has 2 N–H and O–H groups in total. The molecule has 0 fully saturated rings. The number of carbonyl (C=O) groups is 1. The number of benzene rings is 1. The van der Waals surface area contributed by atoms with Gasteiger partial charge < -0.3 is 9.63 Å². The second-order valence-electron chi connectivity index (χ2n) is 7.16. The summed E-state index contributed by atoms with van der Waals surface area (Å²) < 4.78 is 41.9. The van der Waals surface area contributed by atoms with E-state index in [2.05, 4.69) is 30.5 Å². The van der Waals surface area contributed by atoms with Gasteiger partial charge in [-0.1, -0.05) is 32.6 Å². The molecule has 0 radical (unpaired) electrons. The van der Waals surface area contributed by atoms with E-state index in [0.29, 0.717) is 24.4 Å². The van der Waals surface area contributed by atoms with Crippen LogP contribution in [0, 0.1) is 5.92 Å². The van der Waals surface area contributed by atoms with Gasteiger partial charge in [0.15, 0.2) is 0 Å². The van der Waals surface area contributed by atoms with Crippen molar-refractivity contribution in [3.8, 4) is 0 Å². The van der Waals surface area contributed by atoms with Crippen LogP contribution in [0.3, 0.4) is 0 Å². The molecule has 0 aliphatic heterocycles. The minimum absolute atomic E-state index is 0.0232. The number of hydrogen-bond acceptors (Lipinski definition) is 5. The largest absolute Gasteiger partial charge is 0.416 e. The van der Waals surface area contributed by atoms with Gasteiger partial charge in [-0.3, -0.25) is 4.68 Å². The normalized spacial score (nSPS) is 12.3. The SMILES string of the molecule is C=C(/N=C(\ON)c1cc(CC(C)C)n(CC)n1)c1ccc(CC=O)c(C(F)(F)F)c1. The van der Waals surface area contributed by atoms with E-state index in [1.807, 2.05) is 6.92 Å². The molecule has 0 saturated heterocycles. The van der Waals surface area contributed by atoms with Gasteiger partial charge in [-0.15, -0.1) is 0 Å². The number of aromatic nitrogens is 2. The Morgan fingerprint density at radius 1 is 1.37 bits per heavy atom. The topological polar surface area (TPSA) is 82.5 Å². The van der Waals surface area contributed by atoms with Crippen LogP contribution >= 0.6 is 0 Å². The highest BCUT2D eigenvalue weighted by Crippen LogP contribution is 2.34. The number of aliphatic imine (C=N–C) groups is 1. The number of hydrogen-bond donors (Lipinski definition) is 1. The van der Waals surface area contributed by atoms with Gasteiger partial charge in [0.25, 0.3) is 5.90 Å². The Morgan fingerprint density at radius 2 is 2.07 bits per heavy atom. The highest BCUT2D eigenvalue weighted by molar-refractivity contribution is 5.95. The molecular weight excluding hydrogens is 397 g/mol. The number of alkyl halides is 3. The fraction of sp³-hybridized carbons (Fsp3) is 0.381. The van der Waals surface area contributed by atoms with E-state index < -0.39 is 11.7 Å². The summed E-state index contributed by atoms with van der Waals surface area (Å²) in [6, 6.07) is 5.36. The van der Waals surface area contributed by atoms with Crippen LogP contribution in [-0.2, 0) is 35.2 Å². The van der Waals surface area contributed by atoms with Gasteiger partial charge in [0.05, 0.1) is 11.3 Å². The fourth-order valence-corrected chi connectivity index (χ4v) is 3.04. The predicted molar refractivity (Wildman–Crippen MR) is 108 cm³/mol. The van der Waals surface area contributed by atoms with Crippen molar-refractivity contribution in [3.05, 3.63) is 58.9 Å². The molecule has 0 bridgehead atoms. The summed E-state index contributed by atoms with van der Waals surface area (Å²) in [6.45, 7) is 10.5. The fourth-order valence-electron chi connectivity index (χ4n) is 3.04. The number of halogens is 3. The first-order valence-electron chi connectivity index (χ1n) is 9.46. The Labute approximate surface area is 173 Å². The monoisotopic (exact) mass is 422 g/mol. The maximum atomic E-state index is 13.4. The highest BCUT2D eigenvalue weighted by atomic mass is 19.4. The summed E-state index contributed by atoms with van der Waals surface area (Å²) >= 11 is 0. The van der Waals surface area contributed by atoms with Crippen molar-refractivity contribution in [2.75, 3.05) is 0 Å². The molecule has 0 aliphatic carbocycles. The summed E-state index contributed by atoms with van der Waals surface area (Å²) in [4.78, 5) is 19.7. The van der Waals surface area contributed by atoms with Gasteiger partial charge in [0.1, 0.15) is 12.0 Å². The first-order valence-corrected chi connectivity index (χ1v) is 9.46. The van der Waals surface area contributed by atoms with Crippen LogP contribution in [0.5, 0.6) is 0 Å². The third kappa shape index (κ3) is 5.56. The summed E-state index contributed by atoms with van der Waals surface area (Å²) in [6.07, 6.45) is -3.74. The number of aryl methyl sites for hydroxylation is 1. The molecule has 2 rings (SSSR count). The second kappa shape index (κ2) is 9.71. The van der Waals surface area contributed by atoms with Crippen LogP contribution in [0.15, 0.2) is 35.8 Å². The number of carbonyl (C=O) groups excluding carboxylic acids is 1. The minimum atomic E-state index is -4.61. The Kier molecular flexibility index (Phi) is 7.55. The molecule has 0 aliphatic rings. The van der Waals surface area contributed by atoms with Gasteiger partial charge in [-0.25, -0.2) is 4.99 Å². The van der Waals surface area contributed by atoms with E-state index in [4.69, 9.17) is 10.7 Å². The summed E-state index contributed by atoms with van der Waals surface area (Å²) in [7, 11) is 0. The third-order valence-corrected chi connectivity index (χ3v) is 4.40. The molecule has 0 atom stereocenters. The molecule has 1 heterocycles. The first kappa shape index (κ1) is 23.3. The maximum absolute atomic E-state index is 13.4. The zero-order valence-electron chi connectivity index (χ0n) is 17.2. The lowest BCUT2D eigenvalue weighted by Gasteiger charge is -2.13. The van der Waals surface area contributed by atoms with Crippen molar-refractivity contribution in [2.45, 2.75) is 46.3 Å². The van der Waals surface area contributed by atoms with Crippen LogP contribution in [0.2, 0.25) is 0 Å². The Balaban J connectivity index is 2.42. The average molecular weight is 422 g/mol. The molecule has 1 aromatic heterocycles. The van der Waals surface area contributed by atoms with Crippen LogP contribution in [0.4, 0.5) is 13.2 Å². The molecule has 6 nitrogen and oxygen atoms in total. The van der Waals surface area contributed by atoms with E-state index in [1.54, 1.807) is 10.7 Å². The molecule has 1 aromatic carbocycles. The van der Waals surface area contributed by atoms with Crippen molar-refractivity contribution in [1.82, 2.24) is 9.78 Å². The Hall–Kier alpha value is -2.94. The second-order valence-corrected chi connectivity index (χ2v) is 7.16. The van der Waals surface area contributed by atoms with Gasteiger partial charge in [0, 0.05) is 24.2 Å². The molecule has 30 heavy (non-hydrogen) atoms. The van der Waals surface area contributed by atoms with E-state index in [1.165, 1.54) is 12.1 Å². The van der Waals surface area contributed by atoms with Gasteiger partial charge >= 0.3 is 6.18 Å². The summed E-state index contributed by atoms with van der Waals surface area (Å²) in [5, 5.41) is 4.42. The van der Waals surface area contributed by atoms with Crippen molar-refractivity contribution < 1.29 is 22.8 Å². The quantitative estimate of drug-likeness (QED) is 0.300. The van der Waals surface area contributed by atoms with E-state index in [9.17, 15) is 18.0 Å². The van der Waals surface area contributed by atoms with Crippen LogP contribution in [0.25, 0.3) is 5.70 Å². The van der Waals surface area contributed by atoms with Crippen molar-refractivity contribution >= 4 is 17.9 Å². The first-order chi connectivity index (χ1) is 14.1. The lowest BCUT2D eigenvalue weighted by molar-refractivity contribution is -0.138. The third-order valence-electron chi connectivity index (χ3n) is 4.40. The Morgan fingerprint density at radius 3 is 2.60 bits per heavy atom. The van der Waals surface area contributed by atoms with Crippen molar-refractivity contribution in [1.29, 1.82) is 0 Å². The number of nitrogens with zero attached hydrogens (tertiary/aromatic N) is 3. The number of aldehydes is 1. The van der Waals surface area contributed by atoms with Gasteiger partial charge in [0.2, 0.25) is 0 Å². The molecule has 0 unspecified atom stereocenters. The lowest BCUT2D eigenvalue weighted by atomic mass is 10.0. The van der Waals surface area contributed by atoms with Crippen LogP contribution in [0.1, 0.15) is 48.8 Å². The number of rotatable bonds is 8. The van der Waals surface area contributed by atoms with E-state index in [-0.39, 0.29) is 29.1 Å². The minimum Gasteiger partial charge on any atom is -0.389 e. The van der Waals surface area contributed by atoms with Crippen LogP contribution < -0.4 is 5.90 Å². The smallest absolute Gasteiger partial charge is 0.389 e. The molecule has 0 amide bonds. The zero-order valence-corrected chi connectivity index (χ0v) is 17.2. The zero-order chi connectivity index (χ0) is 22.5. The van der Waals surface area contributed by atoms with Crippen molar-refractivity contribution in [3.63, 3.8) is 0 Å². The Bertz CT molecular complexity index is 946. The maximum Gasteiger partial charge on any atom is 0.416 e.